The lowest BCUT2D eigenvalue weighted by Gasteiger charge is -2.33. The number of hydrogen-bond donors (Lipinski definition) is 1. The van der Waals surface area contributed by atoms with E-state index in [1.54, 1.807) is 11.8 Å². The quantitative estimate of drug-likeness (QED) is 0.739. The molecule has 5 heteroatoms. The molecule has 0 saturated carbocycles. The Morgan fingerprint density at radius 1 is 1.44 bits per heavy atom. The molecule has 1 unspecified atom stereocenters. The van der Waals surface area contributed by atoms with Crippen LogP contribution in [0.4, 0.5) is 0 Å². The molecule has 1 atom stereocenters. The van der Waals surface area contributed by atoms with Gasteiger partial charge in [0.2, 0.25) is 5.91 Å². The van der Waals surface area contributed by atoms with Crippen LogP contribution in [0.1, 0.15) is 34.1 Å². The summed E-state index contributed by atoms with van der Waals surface area (Å²) in [6.07, 6.45) is 0.817. The van der Waals surface area contributed by atoms with Crippen molar-refractivity contribution in [3.63, 3.8) is 0 Å². The fourth-order valence-electron chi connectivity index (χ4n) is 2.18. The minimum absolute atomic E-state index is 0.000619. The van der Waals surface area contributed by atoms with Crippen LogP contribution in [-0.2, 0) is 14.3 Å². The average molecular weight is 256 g/mol. The normalized spacial score (nSPS) is 23.2. The van der Waals surface area contributed by atoms with Crippen LogP contribution in [0.25, 0.3) is 0 Å². The summed E-state index contributed by atoms with van der Waals surface area (Å²) >= 11 is 0. The van der Waals surface area contributed by atoms with Gasteiger partial charge >= 0.3 is 5.97 Å². The fourth-order valence-corrected chi connectivity index (χ4v) is 2.18. The van der Waals surface area contributed by atoms with Crippen LogP contribution in [-0.4, -0.2) is 49.1 Å². The number of nitrogens with one attached hydrogen (secondary N) is 1. The molecule has 1 N–H and O–H groups in total. The summed E-state index contributed by atoms with van der Waals surface area (Å²) in [7, 11) is 0. The number of amides is 1. The first-order valence-electron chi connectivity index (χ1n) is 6.58. The zero-order valence-electron chi connectivity index (χ0n) is 11.8. The van der Waals surface area contributed by atoms with E-state index in [4.69, 9.17) is 4.74 Å². The summed E-state index contributed by atoms with van der Waals surface area (Å²) < 4.78 is 4.92. The van der Waals surface area contributed by atoms with Crippen molar-refractivity contribution >= 4 is 11.9 Å². The van der Waals surface area contributed by atoms with Gasteiger partial charge in [0.25, 0.3) is 0 Å². The van der Waals surface area contributed by atoms with Gasteiger partial charge in [-0.05, 0) is 40.7 Å². The molecule has 1 fully saturated rings. The minimum Gasteiger partial charge on any atom is -0.465 e. The molecule has 1 amide bonds. The first-order valence-corrected chi connectivity index (χ1v) is 6.58. The molecule has 5 nitrogen and oxygen atoms in total. The van der Waals surface area contributed by atoms with Gasteiger partial charge in [0.15, 0.2) is 0 Å². The number of hydrogen-bond acceptors (Lipinski definition) is 4. The number of carbonyl (C=O) groups is 2. The largest absolute Gasteiger partial charge is 0.465 e. The summed E-state index contributed by atoms with van der Waals surface area (Å²) in [6.45, 7) is 9.48. The van der Waals surface area contributed by atoms with E-state index in [0.717, 1.165) is 13.0 Å². The molecule has 0 aromatic rings. The third kappa shape index (κ3) is 3.45. The van der Waals surface area contributed by atoms with E-state index in [1.165, 1.54) is 0 Å². The first kappa shape index (κ1) is 15.0. The van der Waals surface area contributed by atoms with Crippen molar-refractivity contribution in [2.45, 2.75) is 40.2 Å². The molecule has 0 aromatic carbocycles. The lowest BCUT2D eigenvalue weighted by atomic mass is 9.87. The topological polar surface area (TPSA) is 58.6 Å². The highest BCUT2D eigenvalue weighted by Crippen LogP contribution is 2.28. The summed E-state index contributed by atoms with van der Waals surface area (Å²) in [5.41, 5.74) is -0.392. The molecular formula is C13H24N2O3. The SMILES string of the molecule is CCOC(=O)CN(C(=O)C1(C)CCNC1)C(C)C. The molecule has 1 heterocycles. The highest BCUT2D eigenvalue weighted by molar-refractivity contribution is 5.86. The summed E-state index contributed by atoms with van der Waals surface area (Å²) in [4.78, 5) is 25.7. The Morgan fingerprint density at radius 3 is 2.56 bits per heavy atom. The molecule has 0 aliphatic carbocycles. The monoisotopic (exact) mass is 256 g/mol. The van der Waals surface area contributed by atoms with Gasteiger partial charge in [-0.15, -0.1) is 0 Å². The number of rotatable bonds is 5. The molecule has 0 bridgehead atoms. The van der Waals surface area contributed by atoms with Crippen molar-refractivity contribution in [1.29, 1.82) is 0 Å². The molecule has 104 valence electrons. The summed E-state index contributed by atoms with van der Waals surface area (Å²) in [6, 6.07) is -0.000619. The van der Waals surface area contributed by atoms with Gasteiger partial charge in [-0.1, -0.05) is 0 Å². The average Bonchev–Trinajstić information content (AvgIpc) is 2.73. The maximum Gasteiger partial charge on any atom is 0.325 e. The van der Waals surface area contributed by atoms with Crippen LogP contribution >= 0.6 is 0 Å². The summed E-state index contributed by atoms with van der Waals surface area (Å²) in [5, 5.41) is 3.20. The fraction of sp³-hybridized carbons (Fsp3) is 0.846. The highest BCUT2D eigenvalue weighted by atomic mass is 16.5. The van der Waals surface area contributed by atoms with E-state index in [9.17, 15) is 9.59 Å². The van der Waals surface area contributed by atoms with Crippen molar-refractivity contribution in [2.75, 3.05) is 26.2 Å². The molecule has 1 aliphatic rings. The molecule has 18 heavy (non-hydrogen) atoms. The Labute approximate surface area is 109 Å². The van der Waals surface area contributed by atoms with Crippen molar-refractivity contribution in [3.05, 3.63) is 0 Å². The minimum atomic E-state index is -0.392. The Morgan fingerprint density at radius 2 is 2.11 bits per heavy atom. The van der Waals surface area contributed by atoms with Gasteiger partial charge < -0.3 is 15.0 Å². The first-order chi connectivity index (χ1) is 8.40. The Kier molecular flexibility index (Phi) is 5.14. The van der Waals surface area contributed by atoms with Crippen molar-refractivity contribution in [3.8, 4) is 0 Å². The molecule has 1 saturated heterocycles. The Balaban J connectivity index is 2.72. The third-order valence-electron chi connectivity index (χ3n) is 3.37. The summed E-state index contributed by atoms with van der Waals surface area (Å²) in [5.74, 6) is -0.301. The van der Waals surface area contributed by atoms with Gasteiger partial charge in [0.05, 0.1) is 12.0 Å². The van der Waals surface area contributed by atoms with Gasteiger partial charge in [-0.25, -0.2) is 0 Å². The lowest BCUT2D eigenvalue weighted by molar-refractivity contribution is -0.153. The molecule has 0 spiro atoms. The zero-order chi connectivity index (χ0) is 13.8. The van der Waals surface area contributed by atoms with Crippen LogP contribution < -0.4 is 5.32 Å². The van der Waals surface area contributed by atoms with Crippen LogP contribution in [0.2, 0.25) is 0 Å². The van der Waals surface area contributed by atoms with Crippen LogP contribution in [0.5, 0.6) is 0 Å². The van der Waals surface area contributed by atoms with Gasteiger partial charge in [0.1, 0.15) is 6.54 Å². The number of nitrogens with zero attached hydrogens (tertiary/aromatic N) is 1. The van der Waals surface area contributed by atoms with E-state index in [0.29, 0.717) is 13.2 Å². The molecule has 1 aliphatic heterocycles. The second-order valence-corrected chi connectivity index (χ2v) is 5.32. The van der Waals surface area contributed by atoms with Gasteiger partial charge in [-0.2, -0.15) is 0 Å². The van der Waals surface area contributed by atoms with Crippen molar-refractivity contribution < 1.29 is 14.3 Å². The van der Waals surface area contributed by atoms with E-state index >= 15 is 0 Å². The maximum atomic E-state index is 12.5. The second kappa shape index (κ2) is 6.18. The number of esters is 1. The Bertz CT molecular complexity index is 309. The van der Waals surface area contributed by atoms with Crippen LogP contribution in [0, 0.1) is 5.41 Å². The van der Waals surface area contributed by atoms with Crippen LogP contribution in [0.15, 0.2) is 0 Å². The molecular weight excluding hydrogens is 232 g/mol. The molecule has 0 aromatic heterocycles. The predicted molar refractivity (Wildman–Crippen MR) is 69.1 cm³/mol. The van der Waals surface area contributed by atoms with E-state index in [1.807, 2.05) is 20.8 Å². The molecule has 1 rings (SSSR count). The van der Waals surface area contributed by atoms with Crippen molar-refractivity contribution in [2.24, 2.45) is 5.41 Å². The maximum absolute atomic E-state index is 12.5. The zero-order valence-corrected chi connectivity index (χ0v) is 11.8. The number of carbonyl (C=O) groups excluding carboxylic acids is 2. The lowest BCUT2D eigenvalue weighted by Crippen LogP contribution is -2.49. The molecule has 0 radical (unpaired) electrons. The third-order valence-corrected chi connectivity index (χ3v) is 3.37. The second-order valence-electron chi connectivity index (χ2n) is 5.32. The van der Waals surface area contributed by atoms with E-state index in [2.05, 4.69) is 5.32 Å². The van der Waals surface area contributed by atoms with E-state index in [-0.39, 0.29) is 24.5 Å². The van der Waals surface area contributed by atoms with E-state index < -0.39 is 5.41 Å². The number of ether oxygens (including phenoxy) is 1. The van der Waals surface area contributed by atoms with Crippen molar-refractivity contribution in [1.82, 2.24) is 10.2 Å². The standard InChI is InChI=1S/C13H24N2O3/c1-5-18-11(16)8-15(10(2)3)12(17)13(4)6-7-14-9-13/h10,14H,5-9H2,1-4H3. The highest BCUT2D eigenvalue weighted by Gasteiger charge is 2.40. The van der Waals surface area contributed by atoms with Crippen LogP contribution in [0.3, 0.4) is 0 Å². The Hall–Kier alpha value is -1.10. The predicted octanol–water partition coefficient (Wildman–Crippen LogP) is 0.786. The van der Waals surface area contributed by atoms with Gasteiger partial charge in [0, 0.05) is 12.6 Å². The van der Waals surface area contributed by atoms with Gasteiger partial charge in [-0.3, -0.25) is 9.59 Å². The smallest absolute Gasteiger partial charge is 0.325 e.